The summed E-state index contributed by atoms with van der Waals surface area (Å²) in [6, 6.07) is 7.84. The number of nitrogens with zero attached hydrogens (tertiary/aromatic N) is 7. The molecule has 7 rings (SSSR count). The lowest BCUT2D eigenvalue weighted by Crippen LogP contribution is -2.55. The predicted molar refractivity (Wildman–Crippen MR) is 173 cm³/mol. The number of furan rings is 1. The average Bonchev–Trinajstić information content (AvgIpc) is 3.81. The summed E-state index contributed by atoms with van der Waals surface area (Å²) in [4.78, 5) is 28.0. The van der Waals surface area contributed by atoms with Crippen molar-refractivity contribution in [2.24, 2.45) is 0 Å². The van der Waals surface area contributed by atoms with Gasteiger partial charge in [0.25, 0.3) is 5.91 Å². The number of likely N-dealkylation sites (N-methyl/N-ethyl adjacent to an activating group) is 1. The third kappa shape index (κ3) is 5.09. The third-order valence-electron chi connectivity index (χ3n) is 9.17. The molecule has 0 spiro atoms. The van der Waals surface area contributed by atoms with Crippen LogP contribution in [-0.4, -0.2) is 87.8 Å². The van der Waals surface area contributed by atoms with Crippen molar-refractivity contribution in [3.8, 4) is 23.2 Å². The molecule has 2 atom stereocenters. The van der Waals surface area contributed by atoms with Gasteiger partial charge in [0.05, 0.1) is 52.4 Å². The van der Waals surface area contributed by atoms with E-state index >= 15 is 0 Å². The topological polar surface area (TPSA) is 127 Å². The molecule has 236 valence electrons. The highest BCUT2D eigenvalue weighted by Gasteiger charge is 2.34. The maximum Gasteiger partial charge on any atom is 0.319 e. The molecule has 2 aromatic carbocycles. The van der Waals surface area contributed by atoms with Crippen molar-refractivity contribution in [1.29, 1.82) is 5.26 Å². The van der Waals surface area contributed by atoms with E-state index < -0.39 is 17.8 Å². The minimum atomic E-state index is -1.05. The number of carbonyl (C=O) groups is 1. The highest BCUT2D eigenvalue weighted by atomic mass is 35.5. The second-order valence-electron chi connectivity index (χ2n) is 12.0. The zero-order valence-corrected chi connectivity index (χ0v) is 26.3. The lowest BCUT2D eigenvalue weighted by atomic mass is 9.95. The largest absolute Gasteiger partial charge is 0.463 e. The number of nitrogens with one attached hydrogen (secondary N) is 1. The highest BCUT2D eigenvalue weighted by molar-refractivity contribution is 6.36. The number of aromatic amines is 1. The van der Waals surface area contributed by atoms with Gasteiger partial charge in [-0.2, -0.15) is 20.3 Å². The molecule has 3 aromatic heterocycles. The van der Waals surface area contributed by atoms with Crippen LogP contribution in [0.15, 0.2) is 47.5 Å². The summed E-state index contributed by atoms with van der Waals surface area (Å²) in [5.74, 6) is -1.32. The van der Waals surface area contributed by atoms with Crippen LogP contribution in [0, 0.1) is 18.3 Å². The van der Waals surface area contributed by atoms with Crippen molar-refractivity contribution in [1.82, 2.24) is 30.0 Å². The van der Waals surface area contributed by atoms with E-state index in [0.29, 0.717) is 40.5 Å². The van der Waals surface area contributed by atoms with E-state index in [-0.39, 0.29) is 31.6 Å². The van der Waals surface area contributed by atoms with Crippen molar-refractivity contribution in [3.05, 3.63) is 53.7 Å². The molecule has 46 heavy (non-hydrogen) atoms. The SMILES string of the molecule is C=C(F)C(=O)N1CCN(c2nc(OCC3CCCN3C)nc3cc(-c4c(Cl)c(C)cc5[nH]ncc45)c4ccoc4c23)C[C@@H]1CC#N. The zero-order chi connectivity index (χ0) is 32.1. The van der Waals surface area contributed by atoms with Crippen LogP contribution in [-0.2, 0) is 4.79 Å². The molecular weight excluding hydrogens is 611 g/mol. The van der Waals surface area contributed by atoms with Gasteiger partial charge in [-0.15, -0.1) is 0 Å². The summed E-state index contributed by atoms with van der Waals surface area (Å²) in [7, 11) is 2.08. The van der Waals surface area contributed by atoms with Gasteiger partial charge in [-0.3, -0.25) is 9.89 Å². The van der Waals surface area contributed by atoms with Gasteiger partial charge in [0, 0.05) is 42.0 Å². The van der Waals surface area contributed by atoms with Crippen molar-refractivity contribution >= 4 is 56.1 Å². The maximum atomic E-state index is 13.9. The summed E-state index contributed by atoms with van der Waals surface area (Å²) < 4.78 is 26.3. The van der Waals surface area contributed by atoms with E-state index in [1.54, 1.807) is 12.5 Å². The number of anilines is 1. The first kappa shape index (κ1) is 30.0. The van der Waals surface area contributed by atoms with Crippen LogP contribution >= 0.6 is 11.6 Å². The van der Waals surface area contributed by atoms with Crippen LogP contribution in [0.4, 0.5) is 10.2 Å². The Hall–Kier alpha value is -4.73. The lowest BCUT2D eigenvalue weighted by molar-refractivity contribution is -0.131. The summed E-state index contributed by atoms with van der Waals surface area (Å²) in [5.41, 5.74) is 4.52. The zero-order valence-electron chi connectivity index (χ0n) is 25.5. The fourth-order valence-electron chi connectivity index (χ4n) is 6.77. The van der Waals surface area contributed by atoms with Crippen LogP contribution in [0.3, 0.4) is 0 Å². The number of piperazine rings is 1. The van der Waals surface area contributed by atoms with Crippen molar-refractivity contribution < 1.29 is 18.3 Å². The number of rotatable bonds is 7. The minimum absolute atomic E-state index is 0.0166. The quantitative estimate of drug-likeness (QED) is 0.220. The van der Waals surface area contributed by atoms with E-state index in [9.17, 15) is 14.4 Å². The number of likely N-dealkylation sites (tertiary alicyclic amines) is 1. The molecule has 2 aliphatic heterocycles. The van der Waals surface area contributed by atoms with Crippen molar-refractivity contribution in [2.75, 3.05) is 44.7 Å². The van der Waals surface area contributed by atoms with E-state index in [2.05, 4.69) is 34.8 Å². The first-order valence-corrected chi connectivity index (χ1v) is 15.6. The minimum Gasteiger partial charge on any atom is -0.463 e. The molecule has 2 aliphatic rings. The number of ether oxygens (including phenoxy) is 1. The number of amides is 1. The second kappa shape index (κ2) is 11.9. The Labute approximate surface area is 269 Å². The van der Waals surface area contributed by atoms with Crippen LogP contribution in [0.5, 0.6) is 6.01 Å². The standard InChI is InChI=1S/C33H32ClFN8O3/c1-18-13-25-24(15-37-40-25)27(29(18)34)23-14-26-28(30-22(23)7-12-45-30)31(39-33(38-26)46-17-21-5-4-9-41(21)3)42-10-11-43(32(44)19(2)35)20(16-42)6-8-36/h7,12-15,20-21H,2,4-6,9-11,16-17H2,1,3H3,(H,37,40)/t20-,21?/m0/s1. The van der Waals surface area contributed by atoms with Gasteiger partial charge in [0.15, 0.2) is 5.83 Å². The highest BCUT2D eigenvalue weighted by Crippen LogP contribution is 2.44. The van der Waals surface area contributed by atoms with Crippen LogP contribution in [0.25, 0.3) is 43.9 Å². The molecule has 5 heterocycles. The number of halogens is 2. The fraction of sp³-hybridized carbons (Fsp3) is 0.364. The number of H-pyrrole nitrogens is 1. The Morgan fingerprint density at radius 3 is 2.87 bits per heavy atom. The number of aryl methyl sites for hydroxylation is 1. The number of hydrogen-bond donors (Lipinski definition) is 1. The summed E-state index contributed by atoms with van der Waals surface area (Å²) >= 11 is 6.98. The van der Waals surface area contributed by atoms with Gasteiger partial charge in [-0.1, -0.05) is 18.2 Å². The van der Waals surface area contributed by atoms with Gasteiger partial charge < -0.3 is 23.9 Å². The van der Waals surface area contributed by atoms with Crippen molar-refractivity contribution in [2.45, 2.75) is 38.3 Å². The van der Waals surface area contributed by atoms with Crippen LogP contribution < -0.4 is 9.64 Å². The number of carbonyl (C=O) groups excluding carboxylic acids is 1. The molecule has 2 saturated heterocycles. The number of aromatic nitrogens is 4. The normalized spacial score (nSPS) is 18.9. The molecule has 0 radical (unpaired) electrons. The molecular formula is C33H32ClFN8O3. The molecule has 5 aromatic rings. The molecule has 11 nitrogen and oxygen atoms in total. The Morgan fingerprint density at radius 2 is 2.11 bits per heavy atom. The Morgan fingerprint density at radius 1 is 1.26 bits per heavy atom. The van der Waals surface area contributed by atoms with Crippen LogP contribution in [0.1, 0.15) is 24.8 Å². The van der Waals surface area contributed by atoms with E-state index in [0.717, 1.165) is 52.4 Å². The van der Waals surface area contributed by atoms with Gasteiger partial charge in [-0.25, -0.2) is 4.39 Å². The molecule has 1 amide bonds. The molecule has 0 aliphatic carbocycles. The van der Waals surface area contributed by atoms with E-state index in [1.807, 2.05) is 30.0 Å². The Kier molecular flexibility index (Phi) is 7.74. The summed E-state index contributed by atoms with van der Waals surface area (Å²) in [6.07, 6.45) is 5.51. The number of hydrogen-bond acceptors (Lipinski definition) is 9. The maximum absolute atomic E-state index is 13.9. The Bertz CT molecular complexity index is 2050. The van der Waals surface area contributed by atoms with E-state index in [1.165, 1.54) is 4.90 Å². The Balaban J connectivity index is 1.40. The smallest absolute Gasteiger partial charge is 0.319 e. The van der Waals surface area contributed by atoms with Gasteiger partial charge in [0.2, 0.25) is 0 Å². The fourth-order valence-corrected chi connectivity index (χ4v) is 7.03. The second-order valence-corrected chi connectivity index (χ2v) is 12.4. The summed E-state index contributed by atoms with van der Waals surface area (Å²) in [5, 5.41) is 19.8. The van der Waals surface area contributed by atoms with Gasteiger partial charge in [0.1, 0.15) is 18.0 Å². The molecule has 0 bridgehead atoms. The molecule has 13 heteroatoms. The molecule has 1 N–H and O–H groups in total. The third-order valence-corrected chi connectivity index (χ3v) is 9.66. The van der Waals surface area contributed by atoms with Gasteiger partial charge >= 0.3 is 6.01 Å². The number of fused-ring (bicyclic) bond motifs is 4. The number of benzene rings is 2. The van der Waals surface area contributed by atoms with Gasteiger partial charge in [-0.05, 0) is 62.7 Å². The molecule has 2 fully saturated rings. The molecule has 1 unspecified atom stereocenters. The first-order valence-electron chi connectivity index (χ1n) is 15.2. The number of nitriles is 1. The summed E-state index contributed by atoms with van der Waals surface area (Å²) in [6.45, 7) is 7.32. The monoisotopic (exact) mass is 642 g/mol. The van der Waals surface area contributed by atoms with E-state index in [4.69, 9.17) is 30.7 Å². The average molecular weight is 643 g/mol. The van der Waals surface area contributed by atoms with Crippen molar-refractivity contribution in [3.63, 3.8) is 0 Å². The predicted octanol–water partition coefficient (Wildman–Crippen LogP) is 5.77. The molecule has 0 saturated carbocycles. The van der Waals surface area contributed by atoms with Crippen LogP contribution in [0.2, 0.25) is 5.02 Å². The lowest BCUT2D eigenvalue weighted by Gasteiger charge is -2.41. The first-order chi connectivity index (χ1) is 22.2.